The lowest BCUT2D eigenvalue weighted by molar-refractivity contribution is -0.159. The Kier molecular flexibility index (Phi) is 8.35. The highest BCUT2D eigenvalue weighted by molar-refractivity contribution is 7.14. The topological polar surface area (TPSA) is 84.9 Å². The minimum absolute atomic E-state index is 0.0240. The fraction of sp³-hybridized carbons (Fsp3) is 0.484. The molecule has 0 radical (unpaired) electrons. The van der Waals surface area contributed by atoms with Crippen molar-refractivity contribution in [3.8, 4) is 11.3 Å². The van der Waals surface area contributed by atoms with Crippen molar-refractivity contribution in [3.63, 3.8) is 0 Å². The first-order valence-electron chi connectivity index (χ1n) is 13.9. The van der Waals surface area contributed by atoms with Gasteiger partial charge in [0, 0.05) is 55.9 Å². The molecule has 1 fully saturated rings. The fourth-order valence-electron chi connectivity index (χ4n) is 5.51. The molecule has 40 heavy (non-hydrogen) atoms. The molecule has 3 heterocycles. The Labute approximate surface area is 240 Å². The third kappa shape index (κ3) is 6.59. The van der Waals surface area contributed by atoms with Crippen LogP contribution in [0.4, 0.5) is 5.13 Å². The zero-order valence-corrected chi connectivity index (χ0v) is 24.6. The second kappa shape index (κ2) is 11.8. The maximum Gasteiger partial charge on any atom is 0.307 e. The van der Waals surface area contributed by atoms with Gasteiger partial charge in [-0.2, -0.15) is 0 Å². The molecule has 0 atom stereocenters. The van der Waals surface area contributed by atoms with Crippen LogP contribution in [0.2, 0.25) is 0 Å². The van der Waals surface area contributed by atoms with E-state index in [-0.39, 0.29) is 18.3 Å². The molecular weight excluding hydrogens is 524 g/mol. The van der Waals surface area contributed by atoms with Gasteiger partial charge in [0.15, 0.2) is 5.13 Å². The predicted molar refractivity (Wildman–Crippen MR) is 156 cm³/mol. The molecule has 5 rings (SSSR count). The van der Waals surface area contributed by atoms with Crippen LogP contribution in [0.3, 0.4) is 0 Å². The quantitative estimate of drug-likeness (QED) is 0.372. The minimum atomic E-state index is -0.906. The number of aromatic nitrogens is 2. The van der Waals surface area contributed by atoms with Crippen LogP contribution in [0.5, 0.6) is 0 Å². The van der Waals surface area contributed by atoms with Crippen molar-refractivity contribution in [2.24, 2.45) is 5.41 Å². The number of hydrogen-bond acceptors (Lipinski definition) is 8. The molecule has 0 unspecified atom stereocenters. The van der Waals surface area contributed by atoms with Crippen LogP contribution < -0.4 is 4.90 Å². The van der Waals surface area contributed by atoms with E-state index in [1.807, 2.05) is 62.7 Å². The lowest BCUT2D eigenvalue weighted by atomic mass is 9.80. The molecule has 1 aliphatic heterocycles. The Balaban J connectivity index is 1.29. The lowest BCUT2D eigenvalue weighted by Crippen LogP contribution is -2.45. The van der Waals surface area contributed by atoms with E-state index >= 15 is 0 Å². The summed E-state index contributed by atoms with van der Waals surface area (Å²) in [5.74, 6) is -0.478. The summed E-state index contributed by atoms with van der Waals surface area (Å²) in [5.41, 5.74) is 3.42. The Morgan fingerprint density at radius 2 is 1.80 bits per heavy atom. The van der Waals surface area contributed by atoms with E-state index in [1.165, 1.54) is 11.3 Å². The molecule has 1 aliphatic carbocycles. The SMILES string of the molecule is CN(C(=O)C1(CC(=O)OC(C)(C)C)Cc2ccccc2C1)c1nc(-c2ccc(CCN3CCOCC3)nc2)cs1. The van der Waals surface area contributed by atoms with Crippen molar-refractivity contribution in [2.75, 3.05) is 44.8 Å². The highest BCUT2D eigenvalue weighted by Crippen LogP contribution is 2.43. The van der Waals surface area contributed by atoms with Gasteiger partial charge in [0.1, 0.15) is 5.60 Å². The number of hydrogen-bond donors (Lipinski definition) is 0. The van der Waals surface area contributed by atoms with Gasteiger partial charge in [-0.1, -0.05) is 24.3 Å². The third-order valence-corrected chi connectivity index (χ3v) is 8.44. The smallest absolute Gasteiger partial charge is 0.307 e. The van der Waals surface area contributed by atoms with Gasteiger partial charge in [-0.3, -0.25) is 24.4 Å². The number of fused-ring (bicyclic) bond motifs is 1. The van der Waals surface area contributed by atoms with Crippen molar-refractivity contribution in [2.45, 2.75) is 52.1 Å². The van der Waals surface area contributed by atoms with Crippen molar-refractivity contribution in [1.29, 1.82) is 0 Å². The Morgan fingerprint density at radius 1 is 1.10 bits per heavy atom. The fourth-order valence-corrected chi connectivity index (χ4v) is 6.31. The Hall–Kier alpha value is -3.14. The zero-order valence-electron chi connectivity index (χ0n) is 23.8. The number of thiazole rings is 1. The number of morpholine rings is 1. The number of anilines is 1. The molecule has 0 spiro atoms. The number of benzene rings is 1. The molecule has 0 saturated carbocycles. The van der Waals surface area contributed by atoms with Crippen LogP contribution in [0, 0.1) is 5.41 Å². The number of ether oxygens (including phenoxy) is 2. The summed E-state index contributed by atoms with van der Waals surface area (Å²) in [4.78, 5) is 40.5. The predicted octanol–water partition coefficient (Wildman–Crippen LogP) is 4.56. The average Bonchev–Trinajstić information content (AvgIpc) is 3.56. The number of esters is 1. The van der Waals surface area contributed by atoms with Gasteiger partial charge in [-0.25, -0.2) is 4.98 Å². The molecule has 9 heteroatoms. The molecule has 1 aromatic carbocycles. The maximum atomic E-state index is 14.1. The summed E-state index contributed by atoms with van der Waals surface area (Å²) in [5, 5.41) is 2.55. The number of amides is 1. The molecule has 1 saturated heterocycles. The van der Waals surface area contributed by atoms with E-state index in [0.717, 1.165) is 67.3 Å². The minimum Gasteiger partial charge on any atom is -0.460 e. The standard InChI is InChI=1S/C31H38N4O4S/c1-30(2,3)39-27(36)19-31(17-22-7-5-6-8-23(22)18-31)28(37)34(4)29-33-26(21-40-29)24-9-10-25(32-20-24)11-12-35-13-15-38-16-14-35/h5-10,20-21H,11-19H2,1-4H3. The molecule has 2 aromatic heterocycles. The van der Waals surface area contributed by atoms with Gasteiger partial charge in [0.25, 0.3) is 0 Å². The van der Waals surface area contributed by atoms with Crippen LogP contribution in [0.15, 0.2) is 48.0 Å². The number of nitrogens with zero attached hydrogens (tertiary/aromatic N) is 4. The molecule has 212 valence electrons. The van der Waals surface area contributed by atoms with Crippen LogP contribution in [0.25, 0.3) is 11.3 Å². The summed E-state index contributed by atoms with van der Waals surface area (Å²) in [7, 11) is 1.75. The van der Waals surface area contributed by atoms with Crippen molar-refractivity contribution in [3.05, 3.63) is 64.8 Å². The van der Waals surface area contributed by atoms with E-state index in [4.69, 9.17) is 14.5 Å². The van der Waals surface area contributed by atoms with E-state index in [2.05, 4.69) is 16.0 Å². The van der Waals surface area contributed by atoms with Crippen LogP contribution in [-0.4, -0.2) is 72.2 Å². The van der Waals surface area contributed by atoms with Crippen LogP contribution in [-0.2, 0) is 38.3 Å². The lowest BCUT2D eigenvalue weighted by Gasteiger charge is -2.31. The van der Waals surface area contributed by atoms with Crippen molar-refractivity contribution in [1.82, 2.24) is 14.9 Å². The summed E-state index contributed by atoms with van der Waals surface area (Å²) < 4.78 is 11.1. The average molecular weight is 563 g/mol. The van der Waals surface area contributed by atoms with Crippen LogP contribution in [0.1, 0.15) is 44.0 Å². The highest BCUT2D eigenvalue weighted by Gasteiger charge is 2.48. The number of rotatable bonds is 8. The van der Waals surface area contributed by atoms with Crippen LogP contribution >= 0.6 is 11.3 Å². The van der Waals surface area contributed by atoms with E-state index < -0.39 is 11.0 Å². The third-order valence-electron chi connectivity index (χ3n) is 7.52. The highest BCUT2D eigenvalue weighted by atomic mass is 32.1. The van der Waals surface area contributed by atoms with E-state index in [0.29, 0.717) is 18.0 Å². The van der Waals surface area contributed by atoms with Crippen molar-refractivity contribution < 1.29 is 19.1 Å². The van der Waals surface area contributed by atoms with Gasteiger partial charge in [-0.05, 0) is 56.9 Å². The molecule has 0 N–H and O–H groups in total. The second-order valence-electron chi connectivity index (χ2n) is 11.8. The first-order valence-corrected chi connectivity index (χ1v) is 14.8. The first kappa shape index (κ1) is 28.4. The van der Waals surface area contributed by atoms with Gasteiger partial charge in [-0.15, -0.1) is 11.3 Å². The Bertz CT molecular complexity index is 1320. The molecule has 1 amide bonds. The van der Waals surface area contributed by atoms with Gasteiger partial charge >= 0.3 is 5.97 Å². The monoisotopic (exact) mass is 562 g/mol. The van der Waals surface area contributed by atoms with Gasteiger partial charge < -0.3 is 9.47 Å². The summed E-state index contributed by atoms with van der Waals surface area (Å²) >= 11 is 1.42. The summed E-state index contributed by atoms with van der Waals surface area (Å²) in [6, 6.07) is 12.1. The molecule has 2 aliphatic rings. The first-order chi connectivity index (χ1) is 19.1. The summed E-state index contributed by atoms with van der Waals surface area (Å²) in [6.45, 7) is 10.0. The number of pyridine rings is 1. The Morgan fingerprint density at radius 3 is 2.42 bits per heavy atom. The van der Waals surface area contributed by atoms with E-state index in [9.17, 15) is 9.59 Å². The number of carbonyl (C=O) groups is 2. The summed E-state index contributed by atoms with van der Waals surface area (Å²) in [6.07, 6.45) is 3.77. The molecule has 8 nitrogen and oxygen atoms in total. The number of carbonyl (C=O) groups excluding carboxylic acids is 2. The zero-order chi connectivity index (χ0) is 28.3. The molecular formula is C31H38N4O4S. The van der Waals surface area contributed by atoms with Crippen molar-refractivity contribution >= 4 is 28.3 Å². The second-order valence-corrected chi connectivity index (χ2v) is 12.6. The largest absolute Gasteiger partial charge is 0.460 e. The normalized spacial score (nSPS) is 16.9. The van der Waals surface area contributed by atoms with E-state index in [1.54, 1.807) is 11.9 Å². The van der Waals surface area contributed by atoms with Gasteiger partial charge in [0.05, 0.1) is 30.7 Å². The molecule has 0 bridgehead atoms. The molecule has 3 aromatic rings. The maximum absolute atomic E-state index is 14.1. The van der Waals surface area contributed by atoms with Gasteiger partial charge in [0.2, 0.25) is 5.91 Å².